The van der Waals surface area contributed by atoms with E-state index < -0.39 is 299 Å². The van der Waals surface area contributed by atoms with Crippen LogP contribution in [0.3, 0.4) is 0 Å². The molecule has 0 saturated carbocycles. The molecule has 0 aliphatic rings. The summed E-state index contributed by atoms with van der Waals surface area (Å²) in [5, 5.41) is 109. The minimum Gasteiger partial charge on any atom is -0.481 e. The van der Waals surface area contributed by atoms with E-state index in [0.29, 0.717) is 44.1 Å². The SMILES string of the molecule is CCCCCCCCCCCCCCCC(=O)N(C(=O)CCCCCCCCCCCCCCC)[C@@H](CSCC(O)CO)C(=O)NCC(=O)N[C@@H](CC(N)=O)C(=O)N[C@@H](CC(N)=O)C(=O)N[C@@H](CC(=O)O)C(=O)N[C@@H](CCC(=O)O)C(=O)N[C@@H](CO)C(=O)N[C@@H](CC(N)=O)C(=O)N[C@H](C(=O)N[C@@H](CO)C(=O)N[C@@H](Cc1ccccc1)C(=O)N[C@@H](CCCCN)C(=O)N[C@@H](CCC(=O)O)C(=O)N[C@@H](CCCCN)C(=O)O)[C@@H](C)CC. The van der Waals surface area contributed by atoms with Crippen molar-refractivity contribution in [2.24, 2.45) is 34.6 Å². The number of aliphatic hydroxyl groups is 4. The highest BCUT2D eigenvalue weighted by Gasteiger charge is 2.41. The highest BCUT2D eigenvalue weighted by Crippen LogP contribution is 2.22. The number of benzene rings is 1. The number of aliphatic carboxylic acids is 4. The van der Waals surface area contributed by atoms with Gasteiger partial charge < -0.3 is 139 Å². The Balaban J connectivity index is 3.66. The number of amides is 18. The van der Waals surface area contributed by atoms with Gasteiger partial charge in [-0.05, 0) is 88.8 Å². The van der Waals surface area contributed by atoms with Crippen LogP contribution in [0, 0.1) is 5.92 Å². The number of nitrogens with zero attached hydrogens (tertiary/aromatic N) is 1. The van der Waals surface area contributed by atoms with Gasteiger partial charge in [0.25, 0.3) is 0 Å². The molecule has 1 aromatic carbocycles. The van der Waals surface area contributed by atoms with Gasteiger partial charge in [-0.2, -0.15) is 11.8 Å². The highest BCUT2D eigenvalue weighted by molar-refractivity contribution is 7.99. The third-order valence-corrected chi connectivity index (χ3v) is 25.7. The molecule has 15 atom stereocenters. The lowest BCUT2D eigenvalue weighted by Gasteiger charge is -2.30. The summed E-state index contributed by atoms with van der Waals surface area (Å²) in [7, 11) is 0. The number of carboxylic acid groups (broad SMARTS) is 4. The van der Waals surface area contributed by atoms with Gasteiger partial charge in [-0.3, -0.25) is 106 Å². The second kappa shape index (κ2) is 79.9. The number of carbonyl (C=O) groups excluding carboxylic acids is 18. The van der Waals surface area contributed by atoms with Gasteiger partial charge in [0.1, 0.15) is 78.5 Å². The third-order valence-electron chi connectivity index (χ3n) is 24.5. The van der Waals surface area contributed by atoms with Crippen molar-refractivity contribution in [3.63, 3.8) is 0 Å². The normalized spacial score (nSPS) is 14.2. The zero-order chi connectivity index (χ0) is 112. The van der Waals surface area contributed by atoms with Crippen LogP contribution in [-0.2, 0) is 112 Å². The van der Waals surface area contributed by atoms with Crippen molar-refractivity contribution in [2.45, 2.75) is 395 Å². The molecule has 0 heterocycles. The predicted molar refractivity (Wildman–Crippen MR) is 548 cm³/mol. The summed E-state index contributed by atoms with van der Waals surface area (Å²) in [6.07, 6.45) is 17.4. The van der Waals surface area contributed by atoms with Crippen molar-refractivity contribution in [3.8, 4) is 0 Å². The summed E-state index contributed by atoms with van der Waals surface area (Å²) in [6.45, 7) is 3.30. The Kier molecular flexibility index (Phi) is 72.3. The second-order valence-electron chi connectivity index (χ2n) is 37.3. The first-order chi connectivity index (χ1) is 71.0. The number of primary amides is 3. The fourth-order valence-corrected chi connectivity index (χ4v) is 16.8. The zero-order valence-corrected chi connectivity index (χ0v) is 87.4. The summed E-state index contributed by atoms with van der Waals surface area (Å²) < 4.78 is 0. The largest absolute Gasteiger partial charge is 0.481 e. The number of nitrogens with one attached hydrogen (secondary N) is 13. The molecule has 0 radical (unpaired) electrons. The number of unbranched alkanes of at least 4 members (excludes halogenated alkanes) is 26. The van der Waals surface area contributed by atoms with E-state index in [1.54, 1.807) is 37.3 Å². The molecule has 149 heavy (non-hydrogen) atoms. The second-order valence-corrected chi connectivity index (χ2v) is 38.4. The monoisotopic (exact) mass is 2130 g/mol. The molecule has 50 heteroatoms. The van der Waals surface area contributed by atoms with Gasteiger partial charge in [0.15, 0.2) is 0 Å². The molecule has 1 rings (SSSR count). The van der Waals surface area contributed by atoms with Gasteiger partial charge in [-0.15, -0.1) is 0 Å². The molecule has 18 amide bonds. The van der Waals surface area contributed by atoms with E-state index in [2.05, 4.69) is 67.0 Å². The van der Waals surface area contributed by atoms with Crippen LogP contribution in [0.4, 0.5) is 0 Å². The Morgan fingerprint density at radius 2 is 0.651 bits per heavy atom. The number of thioether (sulfide) groups is 1. The Hall–Kier alpha value is -12.1. The summed E-state index contributed by atoms with van der Waals surface area (Å²) in [6, 6.07) is -17.1. The summed E-state index contributed by atoms with van der Waals surface area (Å²) >= 11 is 0.921. The molecule has 0 fully saturated rings. The molecule has 0 saturated heterocycles. The number of nitrogens with two attached hydrogens (primary N) is 5. The van der Waals surface area contributed by atoms with E-state index in [9.17, 15) is 146 Å². The van der Waals surface area contributed by atoms with Crippen LogP contribution in [0.5, 0.6) is 0 Å². The number of aliphatic hydroxyl groups excluding tert-OH is 4. The number of hydrogen-bond donors (Lipinski definition) is 26. The molecule has 0 aliphatic heterocycles. The van der Waals surface area contributed by atoms with Crippen LogP contribution in [0.15, 0.2) is 30.3 Å². The third kappa shape index (κ3) is 60.3. The molecule has 0 aromatic heterocycles. The first-order valence-corrected chi connectivity index (χ1v) is 53.1. The zero-order valence-electron chi connectivity index (χ0n) is 86.6. The van der Waals surface area contributed by atoms with Crippen molar-refractivity contribution in [1.82, 2.24) is 74.0 Å². The molecule has 0 bridgehead atoms. The van der Waals surface area contributed by atoms with Crippen LogP contribution < -0.4 is 97.8 Å². The van der Waals surface area contributed by atoms with Crippen molar-refractivity contribution < 1.29 is 146 Å². The molecular formula is C99H167N19O30S. The molecule has 844 valence electrons. The maximum Gasteiger partial charge on any atom is 0.326 e. The van der Waals surface area contributed by atoms with Crippen molar-refractivity contribution in [3.05, 3.63) is 35.9 Å². The number of carboxylic acids is 4. The van der Waals surface area contributed by atoms with Crippen LogP contribution in [0.1, 0.15) is 309 Å². The quantitative estimate of drug-likeness (QED) is 0.0353. The lowest BCUT2D eigenvalue weighted by molar-refractivity contribution is -0.151. The van der Waals surface area contributed by atoms with E-state index in [-0.39, 0.29) is 76.0 Å². The Bertz CT molecular complexity index is 4290. The van der Waals surface area contributed by atoms with E-state index in [4.69, 9.17) is 28.7 Å². The number of imide groups is 1. The Morgan fingerprint density at radius 3 is 1.01 bits per heavy atom. The molecular weight excluding hydrogens is 1970 g/mol. The van der Waals surface area contributed by atoms with Crippen molar-refractivity contribution in [2.75, 3.05) is 51.0 Å². The van der Waals surface area contributed by atoms with E-state index in [0.717, 1.165) is 93.7 Å². The first kappa shape index (κ1) is 135. The van der Waals surface area contributed by atoms with Crippen LogP contribution in [0.25, 0.3) is 0 Å². The smallest absolute Gasteiger partial charge is 0.326 e. The summed E-state index contributed by atoms with van der Waals surface area (Å²) in [5.41, 5.74) is 28.2. The predicted octanol–water partition coefficient (Wildman–Crippen LogP) is -0.860. The maximum atomic E-state index is 14.5. The lowest BCUT2D eigenvalue weighted by Crippen LogP contribution is -2.62. The molecule has 1 aromatic rings. The van der Waals surface area contributed by atoms with Crippen LogP contribution in [-0.4, -0.2) is 312 Å². The van der Waals surface area contributed by atoms with Gasteiger partial charge >= 0.3 is 23.9 Å². The van der Waals surface area contributed by atoms with Gasteiger partial charge in [-0.1, -0.05) is 219 Å². The molecule has 0 spiro atoms. The molecule has 31 N–H and O–H groups in total. The maximum absolute atomic E-state index is 14.5. The average Bonchev–Trinajstić information content (AvgIpc) is 0.826. The molecule has 49 nitrogen and oxygen atoms in total. The van der Waals surface area contributed by atoms with E-state index >= 15 is 0 Å². The molecule has 1 unspecified atom stereocenters. The fourth-order valence-electron chi connectivity index (χ4n) is 15.8. The van der Waals surface area contributed by atoms with Crippen LogP contribution >= 0.6 is 11.8 Å². The standard InChI is InChI=1S/C99H167N19O30S/c1-5-8-10-12-14-16-18-20-22-24-26-28-33-43-81(127)118(82(128)44-34-29-27-25-23-21-19-17-15-13-11-9-6-2)76(61-149-60-64(122)57-119)97(145)105-56-80(126)106-70(52-77(102)123)91(139)112-71(53-78(103)124)92(140)114-73(55-85(133)134)93(141)109-67(46-48-84(131)132)89(137)115-74(58-120)95(143)113-72(54-79(104)125)94(142)117-86(62(4)7-3)98(146)116-75(59-121)96(144)111-69(51-63-39-31-30-32-40-63)90(138)107-65(41-35-37-49-100)87(135)108-66(45-47-83(129)130)88(136)110-68(99(147)148)42-36-38-50-101/h30-32,39-40,62,64-76,86,119-122H,5-29,33-38,41-61,100-101H2,1-4H3,(H2,102,123)(H2,103,124)(H2,104,125)(H,105,145)(H,106,126)(H,107,138)(H,108,135)(H,109,141)(H,110,136)(H,111,144)(H,112,139)(H,113,143)(H,114,140)(H,115,137)(H,116,146)(H,117,142)(H,129,130)(H,131,132)(H,133,134)(H,147,148)/t62-,64?,65-,66-,67-,68-,69-,70-,71-,72-,73-,74-,75-,76-,86-/m0/s1. The average molecular weight is 2140 g/mol. The van der Waals surface area contributed by atoms with Gasteiger partial charge in [0.2, 0.25) is 106 Å². The number of hydrogen-bond acceptors (Lipinski definition) is 29. The van der Waals surface area contributed by atoms with E-state index in [1.165, 1.54) is 71.1 Å². The highest BCUT2D eigenvalue weighted by atomic mass is 32.2. The Labute approximate surface area is 874 Å². The summed E-state index contributed by atoms with van der Waals surface area (Å²) in [5.74, 6) is -30.1. The topological polar surface area (TPSA) is 827 Å². The van der Waals surface area contributed by atoms with Gasteiger partial charge in [0, 0.05) is 43.6 Å². The summed E-state index contributed by atoms with van der Waals surface area (Å²) in [4.78, 5) is 301. The van der Waals surface area contributed by atoms with Crippen molar-refractivity contribution >= 4 is 142 Å². The first-order valence-electron chi connectivity index (χ1n) is 52.0. The lowest BCUT2D eigenvalue weighted by atomic mass is 9.97. The van der Waals surface area contributed by atoms with Gasteiger partial charge in [0.05, 0.1) is 58.2 Å². The van der Waals surface area contributed by atoms with Gasteiger partial charge in [-0.25, -0.2) is 4.79 Å². The van der Waals surface area contributed by atoms with Crippen LogP contribution in [0.2, 0.25) is 0 Å². The minimum absolute atomic E-state index is 0.0391. The van der Waals surface area contributed by atoms with Crippen molar-refractivity contribution in [1.29, 1.82) is 0 Å². The minimum atomic E-state index is -2.37. The Morgan fingerprint density at radius 1 is 0.329 bits per heavy atom. The molecule has 0 aliphatic carbocycles. The fraction of sp³-hybridized carbons (Fsp3) is 0.717. The number of rotatable bonds is 89. The number of carbonyl (C=O) groups is 22. The van der Waals surface area contributed by atoms with E-state index in [1.807, 2.05) is 16.0 Å².